The molecule has 1 N–H and O–H groups in total. The first-order valence-corrected chi connectivity index (χ1v) is 8.38. The average molecular weight is 322 g/mol. The zero-order valence-electron chi connectivity index (χ0n) is 13.7. The SMILES string of the molecule is O=C(NCc1ccc(Cn2ccccc2=O)cc1)C1CC=CCC1. The second-order valence-electron chi connectivity index (χ2n) is 6.18. The van der Waals surface area contributed by atoms with Gasteiger partial charge in [-0.1, -0.05) is 42.5 Å². The number of carbonyl (C=O) groups is 1. The van der Waals surface area contributed by atoms with Crippen molar-refractivity contribution in [1.82, 2.24) is 9.88 Å². The molecule has 1 heterocycles. The van der Waals surface area contributed by atoms with Crippen LogP contribution in [0.2, 0.25) is 0 Å². The molecule has 0 fully saturated rings. The van der Waals surface area contributed by atoms with Gasteiger partial charge in [0.25, 0.3) is 5.56 Å². The van der Waals surface area contributed by atoms with Crippen molar-refractivity contribution in [3.63, 3.8) is 0 Å². The molecule has 0 bridgehead atoms. The van der Waals surface area contributed by atoms with Crippen molar-refractivity contribution in [2.45, 2.75) is 32.4 Å². The zero-order chi connectivity index (χ0) is 16.8. The van der Waals surface area contributed by atoms with E-state index in [-0.39, 0.29) is 17.4 Å². The Labute approximate surface area is 141 Å². The minimum atomic E-state index is -0.00429. The second-order valence-corrected chi connectivity index (χ2v) is 6.18. The molecule has 4 nitrogen and oxygen atoms in total. The molecule has 0 spiro atoms. The lowest BCUT2D eigenvalue weighted by atomic mass is 9.93. The Morgan fingerprint density at radius 3 is 2.58 bits per heavy atom. The minimum absolute atomic E-state index is 0.00429. The molecule has 1 atom stereocenters. The lowest BCUT2D eigenvalue weighted by Crippen LogP contribution is -2.30. The van der Waals surface area contributed by atoms with Crippen LogP contribution in [0, 0.1) is 5.92 Å². The van der Waals surface area contributed by atoms with Crippen LogP contribution in [0.5, 0.6) is 0 Å². The highest BCUT2D eigenvalue weighted by Gasteiger charge is 2.17. The van der Waals surface area contributed by atoms with Gasteiger partial charge in [0.2, 0.25) is 5.91 Å². The Hall–Kier alpha value is -2.62. The van der Waals surface area contributed by atoms with Crippen molar-refractivity contribution in [2.24, 2.45) is 5.92 Å². The molecule has 1 aromatic heterocycles. The van der Waals surface area contributed by atoms with E-state index in [1.54, 1.807) is 22.9 Å². The Kier molecular flexibility index (Phi) is 5.26. The monoisotopic (exact) mass is 322 g/mol. The molecule has 1 aliphatic rings. The Balaban J connectivity index is 1.55. The summed E-state index contributed by atoms with van der Waals surface area (Å²) in [7, 11) is 0. The fourth-order valence-corrected chi connectivity index (χ4v) is 2.92. The zero-order valence-corrected chi connectivity index (χ0v) is 13.7. The number of benzene rings is 1. The third-order valence-corrected chi connectivity index (χ3v) is 4.38. The first kappa shape index (κ1) is 16.2. The summed E-state index contributed by atoms with van der Waals surface area (Å²) < 4.78 is 1.67. The van der Waals surface area contributed by atoms with Crippen molar-refractivity contribution in [3.05, 3.63) is 82.3 Å². The predicted molar refractivity (Wildman–Crippen MR) is 94.6 cm³/mol. The fraction of sp³-hybridized carbons (Fsp3) is 0.300. The highest BCUT2D eigenvalue weighted by atomic mass is 16.2. The molecule has 0 radical (unpaired) electrons. The molecule has 0 saturated heterocycles. The number of amides is 1. The van der Waals surface area contributed by atoms with Gasteiger partial charge in [-0.05, 0) is 36.5 Å². The van der Waals surface area contributed by atoms with Gasteiger partial charge in [0.05, 0.1) is 6.54 Å². The summed E-state index contributed by atoms with van der Waals surface area (Å²) in [4.78, 5) is 23.9. The van der Waals surface area contributed by atoms with Crippen LogP contribution >= 0.6 is 0 Å². The van der Waals surface area contributed by atoms with Crippen LogP contribution in [0.1, 0.15) is 30.4 Å². The first-order valence-electron chi connectivity index (χ1n) is 8.38. The van der Waals surface area contributed by atoms with E-state index < -0.39 is 0 Å². The summed E-state index contributed by atoms with van der Waals surface area (Å²) in [5, 5.41) is 3.02. The molecule has 1 unspecified atom stereocenters. The van der Waals surface area contributed by atoms with Crippen LogP contribution in [-0.4, -0.2) is 10.5 Å². The number of carbonyl (C=O) groups excluding carboxylic acids is 1. The summed E-state index contributed by atoms with van der Waals surface area (Å²) in [5.41, 5.74) is 2.13. The van der Waals surface area contributed by atoms with Crippen LogP contribution in [0.3, 0.4) is 0 Å². The maximum absolute atomic E-state index is 12.1. The van der Waals surface area contributed by atoms with Crippen LogP contribution in [0.15, 0.2) is 65.6 Å². The van der Waals surface area contributed by atoms with Gasteiger partial charge in [0, 0.05) is 24.7 Å². The van der Waals surface area contributed by atoms with E-state index in [9.17, 15) is 9.59 Å². The number of aromatic nitrogens is 1. The number of nitrogens with zero attached hydrogens (tertiary/aromatic N) is 1. The largest absolute Gasteiger partial charge is 0.352 e. The summed E-state index contributed by atoms with van der Waals surface area (Å²) in [6.07, 6.45) is 8.79. The lowest BCUT2D eigenvalue weighted by Gasteiger charge is -2.17. The molecule has 0 aliphatic heterocycles. The van der Waals surface area contributed by atoms with Gasteiger partial charge in [-0.25, -0.2) is 0 Å². The summed E-state index contributed by atoms with van der Waals surface area (Å²) in [6.45, 7) is 1.10. The molecule has 3 rings (SSSR count). The topological polar surface area (TPSA) is 51.1 Å². The molecule has 2 aromatic rings. The predicted octanol–water partition coefficient (Wildman–Crippen LogP) is 2.87. The number of rotatable bonds is 5. The highest BCUT2D eigenvalue weighted by molar-refractivity contribution is 5.78. The fourth-order valence-electron chi connectivity index (χ4n) is 2.92. The second kappa shape index (κ2) is 7.77. The van der Waals surface area contributed by atoms with Gasteiger partial charge >= 0.3 is 0 Å². The average Bonchev–Trinajstić information content (AvgIpc) is 2.63. The van der Waals surface area contributed by atoms with Crippen molar-refractivity contribution < 1.29 is 4.79 Å². The van der Waals surface area contributed by atoms with Gasteiger partial charge in [-0.15, -0.1) is 0 Å². The summed E-state index contributed by atoms with van der Waals surface area (Å²) >= 11 is 0. The lowest BCUT2D eigenvalue weighted by molar-refractivity contribution is -0.125. The van der Waals surface area contributed by atoms with Gasteiger partial charge < -0.3 is 9.88 Å². The van der Waals surface area contributed by atoms with Crippen LogP contribution < -0.4 is 10.9 Å². The van der Waals surface area contributed by atoms with Gasteiger partial charge in [0.15, 0.2) is 0 Å². The number of pyridine rings is 1. The van der Waals surface area contributed by atoms with E-state index in [4.69, 9.17) is 0 Å². The van der Waals surface area contributed by atoms with E-state index in [0.717, 1.165) is 30.4 Å². The highest BCUT2D eigenvalue weighted by Crippen LogP contribution is 2.18. The van der Waals surface area contributed by atoms with E-state index >= 15 is 0 Å². The molecule has 124 valence electrons. The summed E-state index contributed by atoms with van der Waals surface area (Å²) in [5.74, 6) is 0.249. The molecule has 0 saturated carbocycles. The van der Waals surface area contributed by atoms with Crippen molar-refractivity contribution in [2.75, 3.05) is 0 Å². The smallest absolute Gasteiger partial charge is 0.250 e. The third-order valence-electron chi connectivity index (χ3n) is 4.38. The van der Waals surface area contributed by atoms with Crippen LogP contribution in [0.4, 0.5) is 0 Å². The molecule has 24 heavy (non-hydrogen) atoms. The molecule has 1 amide bonds. The van der Waals surface area contributed by atoms with Crippen molar-refractivity contribution in [1.29, 1.82) is 0 Å². The molecular weight excluding hydrogens is 300 g/mol. The van der Waals surface area contributed by atoms with Gasteiger partial charge in [0.1, 0.15) is 0 Å². The van der Waals surface area contributed by atoms with E-state index in [0.29, 0.717) is 13.1 Å². The van der Waals surface area contributed by atoms with Crippen molar-refractivity contribution >= 4 is 5.91 Å². The van der Waals surface area contributed by atoms with E-state index in [2.05, 4.69) is 17.5 Å². The maximum Gasteiger partial charge on any atom is 0.250 e. The normalized spacial score (nSPS) is 16.8. The quantitative estimate of drug-likeness (QED) is 0.861. The third kappa shape index (κ3) is 4.22. The first-order chi connectivity index (χ1) is 11.7. The molecule has 4 heteroatoms. The number of nitrogens with one attached hydrogen (secondary N) is 1. The van der Waals surface area contributed by atoms with Crippen LogP contribution in [-0.2, 0) is 17.9 Å². The number of allylic oxidation sites excluding steroid dienone is 2. The van der Waals surface area contributed by atoms with Crippen LogP contribution in [0.25, 0.3) is 0 Å². The minimum Gasteiger partial charge on any atom is -0.352 e. The summed E-state index contributed by atoms with van der Waals surface area (Å²) in [6, 6.07) is 13.2. The number of hydrogen-bond donors (Lipinski definition) is 1. The molecule has 1 aromatic carbocycles. The van der Waals surface area contributed by atoms with E-state index in [1.165, 1.54) is 0 Å². The molecule has 1 aliphatic carbocycles. The van der Waals surface area contributed by atoms with Gasteiger partial charge in [-0.3, -0.25) is 9.59 Å². The Morgan fingerprint density at radius 1 is 1.08 bits per heavy atom. The van der Waals surface area contributed by atoms with E-state index in [1.807, 2.05) is 30.3 Å². The maximum atomic E-state index is 12.1. The molecular formula is C20H22N2O2. The van der Waals surface area contributed by atoms with Crippen molar-refractivity contribution in [3.8, 4) is 0 Å². The Morgan fingerprint density at radius 2 is 1.88 bits per heavy atom. The van der Waals surface area contributed by atoms with Gasteiger partial charge in [-0.2, -0.15) is 0 Å². The standard InChI is InChI=1S/C20H22N2O2/c23-19-8-4-5-13-22(19)15-17-11-9-16(10-12-17)14-21-20(24)18-6-2-1-3-7-18/h1-2,4-5,8-13,18H,3,6-7,14-15H2,(H,21,24). The Bertz CT molecular complexity index is 775. The number of hydrogen-bond acceptors (Lipinski definition) is 2.